The Balaban J connectivity index is 0.000000318. The van der Waals surface area contributed by atoms with Crippen LogP contribution in [0.25, 0.3) is 10.8 Å². The van der Waals surface area contributed by atoms with Crippen LogP contribution in [0.15, 0.2) is 59.5 Å². The number of hydrogen-bond acceptors (Lipinski definition) is 3. The molecule has 4 heteroatoms. The number of nitrogen functional groups attached to an aromatic ring is 1. The van der Waals surface area contributed by atoms with Gasteiger partial charge in [-0.2, -0.15) is 0 Å². The summed E-state index contributed by atoms with van der Waals surface area (Å²) < 4.78 is 1.73. The van der Waals surface area contributed by atoms with Gasteiger partial charge in [-0.25, -0.2) is 0 Å². The van der Waals surface area contributed by atoms with Gasteiger partial charge in [0.15, 0.2) is 0 Å². The summed E-state index contributed by atoms with van der Waals surface area (Å²) in [6, 6.07) is 15.5. The maximum atomic E-state index is 12.4. The molecule has 0 aliphatic carbocycles. The summed E-state index contributed by atoms with van der Waals surface area (Å²) in [6.07, 6.45) is 4.60. The van der Waals surface area contributed by atoms with Crippen LogP contribution in [0.3, 0.4) is 0 Å². The second-order valence-corrected chi connectivity index (χ2v) is 6.54. The minimum Gasteiger partial charge on any atom is -0.399 e. The number of nitrogens with zero attached hydrogens (tertiary/aromatic N) is 1. The molecule has 1 saturated heterocycles. The molecule has 4 rings (SSSR count). The van der Waals surface area contributed by atoms with Crippen LogP contribution in [0.5, 0.6) is 0 Å². The van der Waals surface area contributed by atoms with E-state index in [1.54, 1.807) is 16.7 Å². The van der Waals surface area contributed by atoms with Gasteiger partial charge in [0, 0.05) is 17.3 Å². The SMILES string of the molecule is C1CCNC1.CC.Cc1ccc(Cn2ccc3cc(N)ccc3c2=O)cc1. The van der Waals surface area contributed by atoms with Gasteiger partial charge in [-0.15, -0.1) is 0 Å². The molecular formula is C23H31N3O. The number of pyridine rings is 1. The topological polar surface area (TPSA) is 60.1 Å². The van der Waals surface area contributed by atoms with Crippen molar-refractivity contribution in [2.75, 3.05) is 18.8 Å². The van der Waals surface area contributed by atoms with Gasteiger partial charge < -0.3 is 15.6 Å². The standard InChI is InChI=1S/C17H16N2O.C4H9N.C2H6/c1-12-2-4-13(5-3-12)11-19-9-8-14-10-15(18)6-7-16(14)17(19)20;1-2-4-5-3-1;1-2/h2-10H,11,18H2,1H3;5H,1-4H2;1-2H3. The van der Waals surface area contributed by atoms with Gasteiger partial charge in [0.2, 0.25) is 0 Å². The van der Waals surface area contributed by atoms with Crippen LogP contribution >= 0.6 is 0 Å². The van der Waals surface area contributed by atoms with E-state index in [0.717, 1.165) is 10.9 Å². The van der Waals surface area contributed by atoms with Gasteiger partial charge in [0.05, 0.1) is 6.54 Å². The summed E-state index contributed by atoms with van der Waals surface area (Å²) in [5.74, 6) is 0. The van der Waals surface area contributed by atoms with E-state index in [1.165, 1.54) is 31.5 Å². The van der Waals surface area contributed by atoms with Crippen molar-refractivity contribution in [3.63, 3.8) is 0 Å². The Morgan fingerprint density at radius 3 is 2.26 bits per heavy atom. The summed E-state index contributed by atoms with van der Waals surface area (Å²) >= 11 is 0. The molecule has 0 radical (unpaired) electrons. The predicted molar refractivity (Wildman–Crippen MR) is 116 cm³/mol. The summed E-state index contributed by atoms with van der Waals surface area (Å²) in [5, 5.41) is 4.81. The van der Waals surface area contributed by atoms with E-state index in [4.69, 9.17) is 5.73 Å². The third-order valence-electron chi connectivity index (χ3n) is 4.43. The lowest BCUT2D eigenvalue weighted by Crippen LogP contribution is -2.20. The summed E-state index contributed by atoms with van der Waals surface area (Å²) in [5.41, 5.74) is 8.77. The first-order chi connectivity index (χ1) is 13.1. The van der Waals surface area contributed by atoms with Crippen LogP contribution < -0.4 is 16.6 Å². The molecule has 0 atom stereocenters. The smallest absolute Gasteiger partial charge is 0.258 e. The molecule has 0 spiro atoms. The van der Waals surface area contributed by atoms with Crippen LogP contribution in [-0.2, 0) is 6.54 Å². The number of anilines is 1. The fourth-order valence-corrected chi connectivity index (χ4v) is 2.95. The summed E-state index contributed by atoms with van der Waals surface area (Å²) in [6.45, 7) is 9.13. The highest BCUT2D eigenvalue weighted by Gasteiger charge is 2.03. The van der Waals surface area contributed by atoms with Crippen molar-refractivity contribution in [3.8, 4) is 0 Å². The van der Waals surface area contributed by atoms with Crippen LogP contribution in [0.1, 0.15) is 37.8 Å². The van der Waals surface area contributed by atoms with Gasteiger partial charge in [-0.1, -0.05) is 43.7 Å². The van der Waals surface area contributed by atoms with Crippen LogP contribution in [0, 0.1) is 6.92 Å². The Kier molecular flexibility index (Phi) is 8.08. The molecule has 27 heavy (non-hydrogen) atoms. The maximum Gasteiger partial charge on any atom is 0.258 e. The zero-order valence-corrected chi connectivity index (χ0v) is 16.7. The normalized spacial score (nSPS) is 12.7. The monoisotopic (exact) mass is 365 g/mol. The Morgan fingerprint density at radius 2 is 1.67 bits per heavy atom. The average molecular weight is 366 g/mol. The summed E-state index contributed by atoms with van der Waals surface area (Å²) in [7, 11) is 0. The molecule has 4 nitrogen and oxygen atoms in total. The Morgan fingerprint density at radius 1 is 1.00 bits per heavy atom. The Bertz CT molecular complexity index is 886. The van der Waals surface area contributed by atoms with Gasteiger partial charge in [0.1, 0.15) is 0 Å². The highest BCUT2D eigenvalue weighted by Crippen LogP contribution is 2.14. The second-order valence-electron chi connectivity index (χ2n) is 6.54. The molecule has 1 aromatic heterocycles. The minimum absolute atomic E-state index is 0.0167. The summed E-state index contributed by atoms with van der Waals surface area (Å²) in [4.78, 5) is 12.4. The Labute approximate surface area is 162 Å². The third kappa shape index (κ3) is 5.97. The van der Waals surface area contributed by atoms with Crippen molar-refractivity contribution >= 4 is 16.5 Å². The van der Waals surface area contributed by atoms with Gasteiger partial charge in [0.25, 0.3) is 5.56 Å². The van der Waals surface area contributed by atoms with E-state index in [0.29, 0.717) is 17.6 Å². The highest BCUT2D eigenvalue weighted by atomic mass is 16.1. The Hall–Kier alpha value is -2.59. The zero-order valence-electron chi connectivity index (χ0n) is 16.7. The molecular weight excluding hydrogens is 334 g/mol. The average Bonchev–Trinajstić information content (AvgIpc) is 3.27. The fraction of sp³-hybridized carbons (Fsp3) is 0.348. The number of rotatable bonds is 2. The molecule has 0 amide bonds. The van der Waals surface area contributed by atoms with Crippen LogP contribution in [0.4, 0.5) is 5.69 Å². The molecule has 0 unspecified atom stereocenters. The number of benzene rings is 2. The van der Waals surface area contributed by atoms with E-state index < -0.39 is 0 Å². The third-order valence-corrected chi connectivity index (χ3v) is 4.43. The minimum atomic E-state index is 0.0167. The molecule has 1 fully saturated rings. The number of hydrogen-bond donors (Lipinski definition) is 2. The molecule has 3 aromatic rings. The second kappa shape index (κ2) is 10.5. The molecule has 144 valence electrons. The van der Waals surface area contributed by atoms with Crippen molar-refractivity contribution in [2.45, 2.75) is 40.2 Å². The lowest BCUT2D eigenvalue weighted by molar-refractivity contribution is 0.768. The van der Waals surface area contributed by atoms with Gasteiger partial charge in [-0.3, -0.25) is 4.79 Å². The predicted octanol–water partition coefficient (Wildman–Crippen LogP) is 4.34. The maximum absolute atomic E-state index is 12.4. The lowest BCUT2D eigenvalue weighted by atomic mass is 10.1. The van der Waals surface area contributed by atoms with Crippen molar-refractivity contribution in [2.24, 2.45) is 0 Å². The first kappa shape index (κ1) is 20.7. The quantitative estimate of drug-likeness (QED) is 0.664. The van der Waals surface area contributed by atoms with Crippen LogP contribution in [0.2, 0.25) is 0 Å². The number of fused-ring (bicyclic) bond motifs is 1. The van der Waals surface area contributed by atoms with E-state index in [1.807, 2.05) is 32.2 Å². The lowest BCUT2D eigenvalue weighted by Gasteiger charge is -2.08. The number of nitrogens with two attached hydrogens (primary N) is 1. The van der Waals surface area contributed by atoms with Crippen molar-refractivity contribution in [1.82, 2.24) is 9.88 Å². The number of aromatic nitrogens is 1. The molecule has 1 aliphatic rings. The molecule has 2 aromatic carbocycles. The van der Waals surface area contributed by atoms with E-state index in [-0.39, 0.29) is 5.56 Å². The van der Waals surface area contributed by atoms with Gasteiger partial charge >= 0.3 is 0 Å². The van der Waals surface area contributed by atoms with E-state index in [9.17, 15) is 4.79 Å². The number of aryl methyl sites for hydroxylation is 1. The van der Waals surface area contributed by atoms with Gasteiger partial charge in [-0.05, 0) is 68.1 Å². The van der Waals surface area contributed by atoms with Crippen molar-refractivity contribution in [1.29, 1.82) is 0 Å². The largest absolute Gasteiger partial charge is 0.399 e. The molecule has 0 bridgehead atoms. The van der Waals surface area contributed by atoms with E-state index >= 15 is 0 Å². The van der Waals surface area contributed by atoms with Crippen LogP contribution in [-0.4, -0.2) is 17.7 Å². The molecule has 2 heterocycles. The van der Waals surface area contributed by atoms with E-state index in [2.05, 4.69) is 36.5 Å². The highest BCUT2D eigenvalue weighted by molar-refractivity contribution is 5.84. The first-order valence-corrected chi connectivity index (χ1v) is 9.78. The van der Waals surface area contributed by atoms with Crippen molar-refractivity contribution in [3.05, 3.63) is 76.2 Å². The first-order valence-electron chi connectivity index (χ1n) is 9.78. The fourth-order valence-electron chi connectivity index (χ4n) is 2.95. The zero-order chi connectivity index (χ0) is 19.6. The molecule has 0 saturated carbocycles. The molecule has 1 aliphatic heterocycles. The van der Waals surface area contributed by atoms with Crippen molar-refractivity contribution < 1.29 is 0 Å². The molecule has 3 N–H and O–H groups in total. The number of nitrogens with one attached hydrogen (secondary N) is 1.